The van der Waals surface area contributed by atoms with Gasteiger partial charge in [-0.3, -0.25) is 0 Å². The molecule has 1 fully saturated rings. The molecule has 0 saturated heterocycles. The van der Waals surface area contributed by atoms with E-state index in [9.17, 15) is 5.11 Å². The minimum atomic E-state index is -0.369. The smallest absolute Gasteiger partial charge is 0.0760 e. The third-order valence-electron chi connectivity index (χ3n) is 3.19. The average molecular weight is 228 g/mol. The summed E-state index contributed by atoms with van der Waals surface area (Å²) in [7, 11) is 0. The normalized spacial score (nSPS) is 19.9. The van der Waals surface area contributed by atoms with Crippen molar-refractivity contribution in [3.05, 3.63) is 35.9 Å². The van der Waals surface area contributed by atoms with E-state index in [1.807, 2.05) is 30.3 Å². The molecule has 0 amide bonds. The third-order valence-corrected chi connectivity index (χ3v) is 3.19. The average Bonchev–Trinajstić information content (AvgIpc) is 2.15. The first kappa shape index (κ1) is 12.5. The number of benzene rings is 1. The molecule has 84 valence electrons. The van der Waals surface area contributed by atoms with E-state index >= 15 is 0 Å². The highest BCUT2D eigenvalue weighted by atomic mass is 35.5. The van der Waals surface area contributed by atoms with Crippen molar-refractivity contribution < 1.29 is 5.11 Å². The Morgan fingerprint density at radius 2 is 1.80 bits per heavy atom. The fraction of sp³-hybridized carbons (Fsp3) is 0.500. The summed E-state index contributed by atoms with van der Waals surface area (Å²) in [5.74, 6) is 0.421. The first-order valence-corrected chi connectivity index (χ1v) is 5.27. The monoisotopic (exact) mass is 227 g/mol. The second-order valence-corrected chi connectivity index (χ2v) is 4.12. The van der Waals surface area contributed by atoms with Crippen LogP contribution in [0.4, 0.5) is 0 Å². The molecule has 1 aliphatic carbocycles. The SMILES string of the molecule is Cl.N[C@H](c1ccccc1)[C@@H](O)C1CCC1. The van der Waals surface area contributed by atoms with Crippen LogP contribution in [0.5, 0.6) is 0 Å². The van der Waals surface area contributed by atoms with Crippen LogP contribution in [0.15, 0.2) is 30.3 Å². The van der Waals surface area contributed by atoms with Crippen molar-refractivity contribution in [2.45, 2.75) is 31.4 Å². The Morgan fingerprint density at radius 1 is 1.20 bits per heavy atom. The maximum absolute atomic E-state index is 9.97. The molecule has 0 bridgehead atoms. The van der Waals surface area contributed by atoms with Gasteiger partial charge < -0.3 is 10.8 Å². The van der Waals surface area contributed by atoms with E-state index in [0.717, 1.165) is 18.4 Å². The maximum Gasteiger partial charge on any atom is 0.0760 e. The van der Waals surface area contributed by atoms with Crippen LogP contribution in [-0.2, 0) is 0 Å². The number of rotatable bonds is 3. The quantitative estimate of drug-likeness (QED) is 0.832. The van der Waals surface area contributed by atoms with Crippen LogP contribution in [0.1, 0.15) is 30.9 Å². The molecule has 2 rings (SSSR count). The lowest BCUT2D eigenvalue weighted by Gasteiger charge is -2.33. The van der Waals surface area contributed by atoms with E-state index in [4.69, 9.17) is 5.73 Å². The Labute approximate surface area is 96.9 Å². The molecule has 2 atom stereocenters. The number of hydrogen-bond donors (Lipinski definition) is 2. The van der Waals surface area contributed by atoms with Crippen molar-refractivity contribution in [1.29, 1.82) is 0 Å². The third kappa shape index (κ3) is 2.71. The predicted octanol–water partition coefficient (Wildman–Crippen LogP) is 2.27. The molecule has 15 heavy (non-hydrogen) atoms. The molecule has 0 heterocycles. The standard InChI is InChI=1S/C12H17NO.ClH/c13-11(9-5-2-1-3-6-9)12(14)10-7-4-8-10;/h1-3,5-6,10-12,14H,4,7-8,13H2;1H/t11-,12+;/m1./s1. The molecule has 1 aromatic carbocycles. The van der Waals surface area contributed by atoms with Gasteiger partial charge in [-0.1, -0.05) is 36.8 Å². The molecule has 0 radical (unpaired) electrons. The lowest BCUT2D eigenvalue weighted by atomic mass is 9.77. The van der Waals surface area contributed by atoms with Gasteiger partial charge in [0.1, 0.15) is 0 Å². The predicted molar refractivity (Wildman–Crippen MR) is 64.0 cm³/mol. The van der Waals surface area contributed by atoms with Crippen LogP contribution >= 0.6 is 12.4 Å². The maximum atomic E-state index is 9.97. The number of hydrogen-bond acceptors (Lipinski definition) is 2. The Morgan fingerprint density at radius 3 is 2.27 bits per heavy atom. The minimum Gasteiger partial charge on any atom is -0.391 e. The molecule has 3 heteroatoms. The summed E-state index contributed by atoms with van der Waals surface area (Å²) in [5.41, 5.74) is 7.03. The number of nitrogens with two attached hydrogens (primary N) is 1. The van der Waals surface area contributed by atoms with Gasteiger partial charge >= 0.3 is 0 Å². The minimum absolute atomic E-state index is 0. The van der Waals surface area contributed by atoms with Crippen molar-refractivity contribution in [2.24, 2.45) is 11.7 Å². The Kier molecular flexibility index (Phi) is 4.58. The molecule has 2 nitrogen and oxygen atoms in total. The summed E-state index contributed by atoms with van der Waals surface area (Å²) in [6, 6.07) is 9.62. The van der Waals surface area contributed by atoms with Crippen LogP contribution in [-0.4, -0.2) is 11.2 Å². The number of aliphatic hydroxyl groups is 1. The molecule has 1 aliphatic rings. The second-order valence-electron chi connectivity index (χ2n) is 4.12. The Bertz CT molecular complexity index is 287. The summed E-state index contributed by atoms with van der Waals surface area (Å²) in [6.07, 6.45) is 3.12. The van der Waals surface area contributed by atoms with Gasteiger partial charge in [-0.2, -0.15) is 0 Å². The highest BCUT2D eigenvalue weighted by molar-refractivity contribution is 5.85. The van der Waals surface area contributed by atoms with Crippen LogP contribution < -0.4 is 5.73 Å². The zero-order valence-corrected chi connectivity index (χ0v) is 9.49. The fourth-order valence-electron chi connectivity index (χ4n) is 1.95. The lowest BCUT2D eigenvalue weighted by Crippen LogP contribution is -2.36. The molecule has 3 N–H and O–H groups in total. The van der Waals surface area contributed by atoms with Gasteiger partial charge in [0.25, 0.3) is 0 Å². The van der Waals surface area contributed by atoms with E-state index in [1.165, 1.54) is 6.42 Å². The second kappa shape index (κ2) is 5.50. The Hall–Kier alpha value is -0.570. The van der Waals surface area contributed by atoms with Crippen molar-refractivity contribution in [2.75, 3.05) is 0 Å². The summed E-state index contributed by atoms with van der Waals surface area (Å²) >= 11 is 0. The van der Waals surface area contributed by atoms with Gasteiger partial charge in [0.2, 0.25) is 0 Å². The van der Waals surface area contributed by atoms with Gasteiger partial charge in [0, 0.05) is 0 Å². The molecule has 1 aromatic rings. The molecule has 0 unspecified atom stereocenters. The van der Waals surface area contributed by atoms with Crippen LogP contribution in [0.2, 0.25) is 0 Å². The van der Waals surface area contributed by atoms with Gasteiger partial charge in [0.05, 0.1) is 12.1 Å². The summed E-state index contributed by atoms with van der Waals surface area (Å²) in [4.78, 5) is 0. The summed E-state index contributed by atoms with van der Waals surface area (Å²) in [5, 5.41) is 9.97. The molecule has 0 aliphatic heterocycles. The molecule has 0 spiro atoms. The van der Waals surface area contributed by atoms with E-state index < -0.39 is 0 Å². The molecule has 1 saturated carbocycles. The van der Waals surface area contributed by atoms with Gasteiger partial charge in [0.15, 0.2) is 0 Å². The van der Waals surface area contributed by atoms with Crippen LogP contribution in [0, 0.1) is 5.92 Å². The Balaban J connectivity index is 0.00000112. The summed E-state index contributed by atoms with van der Waals surface area (Å²) in [6.45, 7) is 0. The van der Waals surface area contributed by atoms with Gasteiger partial charge in [-0.05, 0) is 24.3 Å². The van der Waals surface area contributed by atoms with E-state index in [0.29, 0.717) is 5.92 Å². The zero-order valence-electron chi connectivity index (χ0n) is 8.67. The zero-order chi connectivity index (χ0) is 9.97. The van der Waals surface area contributed by atoms with E-state index in [1.54, 1.807) is 0 Å². The molecular formula is C12H18ClNO. The van der Waals surface area contributed by atoms with E-state index in [-0.39, 0.29) is 24.6 Å². The van der Waals surface area contributed by atoms with Crippen molar-refractivity contribution in [3.63, 3.8) is 0 Å². The van der Waals surface area contributed by atoms with Gasteiger partial charge in [-0.15, -0.1) is 12.4 Å². The number of halogens is 1. The largest absolute Gasteiger partial charge is 0.391 e. The van der Waals surface area contributed by atoms with Crippen molar-refractivity contribution in [1.82, 2.24) is 0 Å². The first-order chi connectivity index (χ1) is 6.79. The van der Waals surface area contributed by atoms with Gasteiger partial charge in [-0.25, -0.2) is 0 Å². The fourth-order valence-corrected chi connectivity index (χ4v) is 1.95. The highest BCUT2D eigenvalue weighted by Gasteiger charge is 2.30. The van der Waals surface area contributed by atoms with Crippen LogP contribution in [0.25, 0.3) is 0 Å². The van der Waals surface area contributed by atoms with E-state index in [2.05, 4.69) is 0 Å². The van der Waals surface area contributed by atoms with Crippen LogP contribution in [0.3, 0.4) is 0 Å². The number of aliphatic hydroxyl groups excluding tert-OH is 1. The van der Waals surface area contributed by atoms with Crippen molar-refractivity contribution in [3.8, 4) is 0 Å². The van der Waals surface area contributed by atoms with Crippen molar-refractivity contribution >= 4 is 12.4 Å². The molecular weight excluding hydrogens is 210 g/mol. The topological polar surface area (TPSA) is 46.2 Å². The molecule has 0 aromatic heterocycles. The highest BCUT2D eigenvalue weighted by Crippen LogP contribution is 2.34. The lowest BCUT2D eigenvalue weighted by molar-refractivity contribution is 0.0414. The summed E-state index contributed by atoms with van der Waals surface area (Å²) < 4.78 is 0. The first-order valence-electron chi connectivity index (χ1n) is 5.27.